The third-order valence-corrected chi connectivity index (χ3v) is 2.98. The predicted octanol–water partition coefficient (Wildman–Crippen LogP) is 3.89. The van der Waals surface area contributed by atoms with Gasteiger partial charge < -0.3 is 5.11 Å². The summed E-state index contributed by atoms with van der Waals surface area (Å²) in [5.41, 5.74) is 1.60. The summed E-state index contributed by atoms with van der Waals surface area (Å²) in [5.74, 6) is 0.560. The third-order valence-electron chi connectivity index (χ3n) is 2.98. The molecule has 1 aromatic carbocycles. The molecule has 1 aromatic rings. The summed E-state index contributed by atoms with van der Waals surface area (Å²) in [6, 6.07) is 5.36. The van der Waals surface area contributed by atoms with E-state index < -0.39 is 0 Å². The van der Waals surface area contributed by atoms with Crippen molar-refractivity contribution in [3.05, 3.63) is 29.3 Å². The van der Waals surface area contributed by atoms with Gasteiger partial charge in [-0.1, -0.05) is 26.8 Å². The van der Waals surface area contributed by atoms with Gasteiger partial charge in [0.2, 0.25) is 0 Å². The molecule has 2 heteroatoms. The fourth-order valence-electron chi connectivity index (χ4n) is 1.68. The van der Waals surface area contributed by atoms with E-state index in [2.05, 4.69) is 13.8 Å². The van der Waals surface area contributed by atoms with Crippen LogP contribution in [0.3, 0.4) is 0 Å². The average molecular weight is 220 g/mol. The molecule has 88 valence electrons. The first-order valence-corrected chi connectivity index (χ1v) is 5.96. The molecular formula is C14H20O2. The van der Waals surface area contributed by atoms with Crippen molar-refractivity contribution in [2.24, 2.45) is 0 Å². The summed E-state index contributed by atoms with van der Waals surface area (Å²) in [6.45, 7) is 6.21. The fourth-order valence-corrected chi connectivity index (χ4v) is 1.68. The van der Waals surface area contributed by atoms with Crippen molar-refractivity contribution in [2.45, 2.75) is 46.0 Å². The monoisotopic (exact) mass is 220 g/mol. The van der Waals surface area contributed by atoms with Gasteiger partial charge in [-0.2, -0.15) is 0 Å². The van der Waals surface area contributed by atoms with Crippen molar-refractivity contribution in [3.8, 4) is 5.75 Å². The van der Waals surface area contributed by atoms with E-state index in [-0.39, 0.29) is 11.5 Å². The topological polar surface area (TPSA) is 37.3 Å². The predicted molar refractivity (Wildman–Crippen MR) is 66.1 cm³/mol. The van der Waals surface area contributed by atoms with E-state index in [1.807, 2.05) is 19.1 Å². The zero-order chi connectivity index (χ0) is 12.1. The Labute approximate surface area is 97.3 Å². The Morgan fingerprint density at radius 3 is 2.62 bits per heavy atom. The van der Waals surface area contributed by atoms with Crippen molar-refractivity contribution in [2.75, 3.05) is 0 Å². The van der Waals surface area contributed by atoms with Crippen LogP contribution in [0.5, 0.6) is 5.75 Å². The molecule has 0 aliphatic rings. The Balaban J connectivity index is 3.03. The van der Waals surface area contributed by atoms with Crippen LogP contribution in [0, 0.1) is 0 Å². The van der Waals surface area contributed by atoms with E-state index in [0.717, 1.165) is 18.4 Å². The van der Waals surface area contributed by atoms with E-state index in [1.54, 1.807) is 6.07 Å². The van der Waals surface area contributed by atoms with Crippen LogP contribution in [-0.4, -0.2) is 10.9 Å². The summed E-state index contributed by atoms with van der Waals surface area (Å²) >= 11 is 0. The quantitative estimate of drug-likeness (QED) is 0.764. The number of phenols is 1. The van der Waals surface area contributed by atoms with E-state index >= 15 is 0 Å². The molecule has 0 amide bonds. The first-order valence-electron chi connectivity index (χ1n) is 5.96. The molecule has 0 heterocycles. The fraction of sp³-hybridized carbons (Fsp3) is 0.500. The van der Waals surface area contributed by atoms with Crippen LogP contribution < -0.4 is 0 Å². The van der Waals surface area contributed by atoms with Gasteiger partial charge in [0.25, 0.3) is 0 Å². The molecule has 0 saturated heterocycles. The van der Waals surface area contributed by atoms with Crippen molar-refractivity contribution in [1.82, 2.24) is 0 Å². The highest BCUT2D eigenvalue weighted by Crippen LogP contribution is 2.26. The molecule has 1 unspecified atom stereocenters. The third kappa shape index (κ3) is 2.84. The molecule has 0 aromatic heterocycles. The minimum absolute atomic E-state index is 0.0325. The largest absolute Gasteiger partial charge is 0.507 e. The van der Waals surface area contributed by atoms with Crippen LogP contribution in [0.1, 0.15) is 61.9 Å². The lowest BCUT2D eigenvalue weighted by Crippen LogP contribution is -2.01. The Hall–Kier alpha value is -1.31. The maximum absolute atomic E-state index is 11.8. The normalized spacial score (nSPS) is 12.4. The number of ketones is 1. The lowest BCUT2D eigenvalue weighted by Gasteiger charge is -2.11. The molecule has 0 fully saturated rings. The number of benzene rings is 1. The average Bonchev–Trinajstić information content (AvgIpc) is 2.29. The molecule has 0 radical (unpaired) electrons. The minimum atomic E-state index is 0.0325. The number of hydrogen-bond donors (Lipinski definition) is 1. The second-order valence-corrected chi connectivity index (χ2v) is 4.26. The Morgan fingerprint density at radius 2 is 2.06 bits per heavy atom. The molecule has 0 saturated carbocycles. The molecule has 0 aliphatic heterocycles. The van der Waals surface area contributed by atoms with E-state index in [1.165, 1.54) is 0 Å². The maximum Gasteiger partial charge on any atom is 0.166 e. The van der Waals surface area contributed by atoms with Crippen molar-refractivity contribution in [1.29, 1.82) is 0 Å². The van der Waals surface area contributed by atoms with Gasteiger partial charge in [-0.05, 0) is 36.5 Å². The number of carbonyl (C=O) groups is 1. The van der Waals surface area contributed by atoms with Crippen LogP contribution in [0.2, 0.25) is 0 Å². The maximum atomic E-state index is 11.8. The standard InChI is InChI=1S/C14H20O2/c1-4-6-13(15)12-9-11(10(3)5-2)7-8-14(12)16/h7-10,16H,4-6H2,1-3H3. The summed E-state index contributed by atoms with van der Waals surface area (Å²) in [6.07, 6.45) is 2.34. The molecule has 1 rings (SSSR count). The minimum Gasteiger partial charge on any atom is -0.507 e. The summed E-state index contributed by atoms with van der Waals surface area (Å²) < 4.78 is 0. The smallest absolute Gasteiger partial charge is 0.166 e. The molecule has 1 atom stereocenters. The summed E-state index contributed by atoms with van der Waals surface area (Å²) in [5, 5.41) is 9.67. The van der Waals surface area contributed by atoms with Crippen molar-refractivity contribution < 1.29 is 9.90 Å². The SMILES string of the molecule is CCCC(=O)c1cc(C(C)CC)ccc1O. The number of phenolic OH excluding ortho intramolecular Hbond substituents is 1. The van der Waals surface area contributed by atoms with E-state index in [4.69, 9.17) is 0 Å². The van der Waals surface area contributed by atoms with Gasteiger partial charge in [-0.25, -0.2) is 0 Å². The summed E-state index contributed by atoms with van der Waals surface area (Å²) in [4.78, 5) is 11.8. The Morgan fingerprint density at radius 1 is 1.38 bits per heavy atom. The highest BCUT2D eigenvalue weighted by molar-refractivity contribution is 5.98. The van der Waals surface area contributed by atoms with Crippen LogP contribution in [0.25, 0.3) is 0 Å². The molecule has 0 spiro atoms. The molecule has 1 N–H and O–H groups in total. The van der Waals surface area contributed by atoms with Crippen LogP contribution in [0.15, 0.2) is 18.2 Å². The number of hydrogen-bond acceptors (Lipinski definition) is 2. The van der Waals surface area contributed by atoms with Gasteiger partial charge >= 0.3 is 0 Å². The molecule has 0 aliphatic carbocycles. The number of rotatable bonds is 5. The van der Waals surface area contributed by atoms with Crippen LogP contribution >= 0.6 is 0 Å². The molecular weight excluding hydrogens is 200 g/mol. The summed E-state index contributed by atoms with van der Waals surface area (Å²) in [7, 11) is 0. The van der Waals surface area contributed by atoms with Gasteiger partial charge in [-0.3, -0.25) is 4.79 Å². The van der Waals surface area contributed by atoms with Crippen LogP contribution in [-0.2, 0) is 0 Å². The lowest BCUT2D eigenvalue weighted by atomic mass is 9.94. The zero-order valence-electron chi connectivity index (χ0n) is 10.3. The van der Waals surface area contributed by atoms with E-state index in [0.29, 0.717) is 17.9 Å². The first-order chi connectivity index (χ1) is 7.60. The van der Waals surface area contributed by atoms with Gasteiger partial charge in [0, 0.05) is 6.42 Å². The number of carbonyl (C=O) groups excluding carboxylic acids is 1. The molecule has 2 nitrogen and oxygen atoms in total. The first kappa shape index (κ1) is 12.8. The lowest BCUT2D eigenvalue weighted by molar-refractivity contribution is 0.0979. The van der Waals surface area contributed by atoms with Crippen molar-refractivity contribution in [3.63, 3.8) is 0 Å². The van der Waals surface area contributed by atoms with Gasteiger partial charge in [0.15, 0.2) is 5.78 Å². The highest BCUT2D eigenvalue weighted by Gasteiger charge is 2.12. The molecule has 16 heavy (non-hydrogen) atoms. The Kier molecular flexibility index (Phi) is 4.53. The zero-order valence-corrected chi connectivity index (χ0v) is 10.3. The van der Waals surface area contributed by atoms with E-state index in [9.17, 15) is 9.90 Å². The Bertz CT molecular complexity index is 369. The van der Waals surface area contributed by atoms with Crippen molar-refractivity contribution >= 4 is 5.78 Å². The number of Topliss-reactive ketones (excluding diaryl/α,β-unsaturated/α-hetero) is 1. The molecule has 0 bridgehead atoms. The van der Waals surface area contributed by atoms with Crippen LogP contribution in [0.4, 0.5) is 0 Å². The highest BCUT2D eigenvalue weighted by atomic mass is 16.3. The van der Waals surface area contributed by atoms with Gasteiger partial charge in [0.1, 0.15) is 5.75 Å². The van der Waals surface area contributed by atoms with Gasteiger partial charge in [-0.15, -0.1) is 0 Å². The second-order valence-electron chi connectivity index (χ2n) is 4.26. The second kappa shape index (κ2) is 5.69. The van der Waals surface area contributed by atoms with Gasteiger partial charge in [0.05, 0.1) is 5.56 Å². The number of aromatic hydroxyl groups is 1.